The first-order valence-corrected chi connectivity index (χ1v) is 9.03. The van der Waals surface area contributed by atoms with Crippen LogP contribution in [0, 0.1) is 13.8 Å². The zero-order valence-corrected chi connectivity index (χ0v) is 15.3. The van der Waals surface area contributed by atoms with Crippen LogP contribution in [0.1, 0.15) is 84.0 Å². The molecule has 24 heavy (non-hydrogen) atoms. The molecule has 0 saturated heterocycles. The van der Waals surface area contributed by atoms with E-state index in [4.69, 9.17) is 4.74 Å². The monoisotopic (exact) mass is 334 g/mol. The number of aromatic amines is 1. The Balaban J connectivity index is 2.08. The third kappa shape index (κ3) is 4.26. The maximum Gasteiger partial charge on any atom is 0.339 e. The van der Waals surface area contributed by atoms with Gasteiger partial charge in [0.2, 0.25) is 0 Å². The van der Waals surface area contributed by atoms with E-state index in [9.17, 15) is 9.59 Å². The second-order valence-electron chi connectivity index (χ2n) is 6.91. The molecule has 2 N–H and O–H groups in total. The Morgan fingerprint density at radius 3 is 2.29 bits per heavy atom. The number of hydrogen-bond donors (Lipinski definition) is 2. The van der Waals surface area contributed by atoms with Gasteiger partial charge in [-0.25, -0.2) is 4.79 Å². The van der Waals surface area contributed by atoms with Gasteiger partial charge in [0.25, 0.3) is 0 Å². The minimum Gasteiger partial charge on any atom is -0.465 e. The number of H-pyrrole nitrogens is 1. The van der Waals surface area contributed by atoms with E-state index >= 15 is 0 Å². The molecule has 1 aromatic heterocycles. The second kappa shape index (κ2) is 8.47. The number of carbonyl (C=O) groups excluding carboxylic acids is 2. The normalized spacial score (nSPS) is 17.8. The molecular weight excluding hydrogens is 304 g/mol. The van der Waals surface area contributed by atoms with Crippen LogP contribution in [0.25, 0.3) is 0 Å². The van der Waals surface area contributed by atoms with Crippen molar-refractivity contribution >= 4 is 11.8 Å². The van der Waals surface area contributed by atoms with Gasteiger partial charge in [-0.1, -0.05) is 32.1 Å². The van der Waals surface area contributed by atoms with Crippen molar-refractivity contribution in [1.29, 1.82) is 0 Å². The quantitative estimate of drug-likeness (QED) is 0.636. The first kappa shape index (κ1) is 18.7. The van der Waals surface area contributed by atoms with Crippen LogP contribution in [-0.2, 0) is 4.74 Å². The summed E-state index contributed by atoms with van der Waals surface area (Å²) in [6.45, 7) is 5.50. The molecule has 1 fully saturated rings. The highest BCUT2D eigenvalue weighted by Crippen LogP contribution is 2.21. The van der Waals surface area contributed by atoms with Gasteiger partial charge in [-0.15, -0.1) is 0 Å². The van der Waals surface area contributed by atoms with Crippen LogP contribution in [0.5, 0.6) is 0 Å². The number of aryl methyl sites for hydroxylation is 1. The maximum atomic E-state index is 12.8. The molecule has 1 aromatic rings. The molecular formula is C19H30N2O3. The summed E-state index contributed by atoms with van der Waals surface area (Å²) >= 11 is 0. The van der Waals surface area contributed by atoms with Crippen LogP contribution >= 0.6 is 0 Å². The second-order valence-corrected chi connectivity index (χ2v) is 6.91. The zero-order chi connectivity index (χ0) is 17.7. The van der Waals surface area contributed by atoms with Gasteiger partial charge >= 0.3 is 5.97 Å². The Morgan fingerprint density at radius 2 is 1.71 bits per heavy atom. The number of carbonyl (C=O) groups is 2. The average Bonchev–Trinajstić information content (AvgIpc) is 2.83. The standard InChI is InChI=1S/C19H30N2O3/c1-12-16(19(23)24-4)13(2)21-17(12)18(22)14(3)20-15-10-8-6-5-7-9-11-15/h14-15,20-21H,5-11H2,1-4H3/t14-/m0/s1. The molecule has 1 heterocycles. The van der Waals surface area contributed by atoms with Crippen LogP contribution in [0.15, 0.2) is 0 Å². The topological polar surface area (TPSA) is 71.2 Å². The van der Waals surface area contributed by atoms with Crippen molar-refractivity contribution < 1.29 is 14.3 Å². The molecule has 0 aliphatic heterocycles. The average molecular weight is 334 g/mol. The molecule has 0 spiro atoms. The molecule has 5 nitrogen and oxygen atoms in total. The number of ketones is 1. The van der Waals surface area contributed by atoms with E-state index in [0.29, 0.717) is 28.6 Å². The molecule has 1 aliphatic carbocycles. The molecule has 1 atom stereocenters. The van der Waals surface area contributed by atoms with Gasteiger partial charge < -0.3 is 15.0 Å². The van der Waals surface area contributed by atoms with Crippen molar-refractivity contribution in [3.8, 4) is 0 Å². The van der Waals surface area contributed by atoms with Crippen LogP contribution < -0.4 is 5.32 Å². The van der Waals surface area contributed by atoms with Gasteiger partial charge in [0.15, 0.2) is 5.78 Å². The number of hydrogen-bond acceptors (Lipinski definition) is 4. The van der Waals surface area contributed by atoms with Crippen LogP contribution in [0.2, 0.25) is 0 Å². The first-order valence-electron chi connectivity index (χ1n) is 9.03. The molecule has 0 radical (unpaired) electrons. The highest BCUT2D eigenvalue weighted by molar-refractivity contribution is 6.03. The summed E-state index contributed by atoms with van der Waals surface area (Å²) < 4.78 is 4.81. The van der Waals surface area contributed by atoms with Gasteiger partial charge in [-0.2, -0.15) is 0 Å². The summed E-state index contributed by atoms with van der Waals surface area (Å²) in [7, 11) is 1.36. The molecule has 1 aliphatic rings. The minimum atomic E-state index is -0.402. The number of rotatable bonds is 5. The van der Waals surface area contributed by atoms with Gasteiger partial charge in [-0.3, -0.25) is 4.79 Å². The molecule has 0 bridgehead atoms. The molecule has 1 saturated carbocycles. The summed E-state index contributed by atoms with van der Waals surface area (Å²) in [4.78, 5) is 27.8. The van der Waals surface area contributed by atoms with Crippen molar-refractivity contribution in [2.24, 2.45) is 0 Å². The van der Waals surface area contributed by atoms with Crippen molar-refractivity contribution in [3.63, 3.8) is 0 Å². The highest BCUT2D eigenvalue weighted by Gasteiger charge is 2.26. The number of ether oxygens (including phenoxy) is 1. The smallest absolute Gasteiger partial charge is 0.339 e. The number of methoxy groups -OCH3 is 1. The summed E-state index contributed by atoms with van der Waals surface area (Å²) in [6, 6.07) is 0.136. The van der Waals surface area contributed by atoms with E-state index in [-0.39, 0.29) is 11.8 Å². The fraction of sp³-hybridized carbons (Fsp3) is 0.684. The lowest BCUT2D eigenvalue weighted by Gasteiger charge is -2.24. The van der Waals surface area contributed by atoms with Crippen molar-refractivity contribution in [3.05, 3.63) is 22.5 Å². The highest BCUT2D eigenvalue weighted by atomic mass is 16.5. The lowest BCUT2D eigenvalue weighted by atomic mass is 9.95. The minimum absolute atomic E-state index is 0.00723. The van der Waals surface area contributed by atoms with Crippen molar-refractivity contribution in [2.75, 3.05) is 7.11 Å². The zero-order valence-electron chi connectivity index (χ0n) is 15.3. The number of nitrogens with one attached hydrogen (secondary N) is 2. The third-order valence-electron chi connectivity index (χ3n) is 5.06. The predicted molar refractivity (Wildman–Crippen MR) is 94.6 cm³/mol. The van der Waals surface area contributed by atoms with Crippen LogP contribution in [0.4, 0.5) is 0 Å². The van der Waals surface area contributed by atoms with Gasteiger partial charge in [0, 0.05) is 11.7 Å². The van der Waals surface area contributed by atoms with E-state index < -0.39 is 5.97 Å². The fourth-order valence-electron chi connectivity index (χ4n) is 3.67. The van der Waals surface area contributed by atoms with Crippen molar-refractivity contribution in [2.45, 2.75) is 77.8 Å². The predicted octanol–water partition coefficient (Wildman–Crippen LogP) is 3.69. The SMILES string of the molecule is COC(=O)c1c(C)[nH]c(C(=O)[C@H](C)NC2CCCCCCC2)c1C. The Morgan fingerprint density at radius 1 is 1.12 bits per heavy atom. The maximum absolute atomic E-state index is 12.8. The van der Waals surface area contributed by atoms with Gasteiger partial charge in [-0.05, 0) is 39.2 Å². The summed E-state index contributed by atoms with van der Waals surface area (Å²) in [5, 5.41) is 3.50. The molecule has 2 rings (SSSR count). The van der Waals surface area contributed by atoms with E-state index in [1.807, 2.05) is 6.92 Å². The van der Waals surface area contributed by atoms with Crippen molar-refractivity contribution in [1.82, 2.24) is 10.3 Å². The first-order chi connectivity index (χ1) is 11.5. The number of aromatic nitrogens is 1. The Labute approximate surface area is 144 Å². The lowest BCUT2D eigenvalue weighted by Crippen LogP contribution is -2.42. The number of esters is 1. The number of Topliss-reactive ketones (excluding diaryl/α,β-unsaturated/α-hetero) is 1. The largest absolute Gasteiger partial charge is 0.465 e. The van der Waals surface area contributed by atoms with Crippen LogP contribution in [0.3, 0.4) is 0 Å². The molecule has 0 aromatic carbocycles. The Hall–Kier alpha value is -1.62. The molecule has 0 amide bonds. The summed E-state index contributed by atoms with van der Waals surface area (Å²) in [5.74, 6) is -0.395. The van der Waals surface area contributed by atoms with E-state index in [1.54, 1.807) is 13.8 Å². The lowest BCUT2D eigenvalue weighted by molar-refractivity contribution is 0.0599. The molecule has 5 heteroatoms. The van der Waals surface area contributed by atoms with Gasteiger partial charge in [0.1, 0.15) is 0 Å². The van der Waals surface area contributed by atoms with Crippen LogP contribution in [-0.4, -0.2) is 35.9 Å². The molecule has 134 valence electrons. The third-order valence-corrected chi connectivity index (χ3v) is 5.06. The summed E-state index contributed by atoms with van der Waals surface area (Å²) in [5.41, 5.74) is 2.34. The summed E-state index contributed by atoms with van der Waals surface area (Å²) in [6.07, 6.45) is 8.63. The Bertz CT molecular complexity index is 584. The Kier molecular flexibility index (Phi) is 6.60. The van der Waals surface area contributed by atoms with Gasteiger partial charge in [0.05, 0.1) is 24.4 Å². The van der Waals surface area contributed by atoms with E-state index in [1.165, 1.54) is 39.2 Å². The van der Waals surface area contributed by atoms with E-state index in [2.05, 4.69) is 10.3 Å². The fourth-order valence-corrected chi connectivity index (χ4v) is 3.67. The molecule has 0 unspecified atom stereocenters. The van der Waals surface area contributed by atoms with E-state index in [0.717, 1.165) is 12.8 Å².